The Morgan fingerprint density at radius 1 is 1.35 bits per heavy atom. The molecule has 1 aromatic heterocycles. The van der Waals surface area contributed by atoms with Gasteiger partial charge >= 0.3 is 12.1 Å². The second-order valence-corrected chi connectivity index (χ2v) is 6.81. The Kier molecular flexibility index (Phi) is 5.88. The number of benzene rings is 1. The summed E-state index contributed by atoms with van der Waals surface area (Å²) in [5.74, 6) is -0.554. The van der Waals surface area contributed by atoms with Crippen molar-refractivity contribution in [3.63, 3.8) is 0 Å². The maximum atomic E-state index is 12.3. The standard InChI is InChI=1S/C19H23N3O4/c1-5-25-17(23)15(22-18(24)26-19(2,3)4)9-13-11-21-14-8-6-7-12(10-20)16(13)14/h6-8,11,15,21H,5,9H2,1-4H3,(H,22,24)/t15-/m0/s1. The lowest BCUT2D eigenvalue weighted by atomic mass is 10.0. The largest absolute Gasteiger partial charge is 0.464 e. The molecule has 7 nitrogen and oxygen atoms in total. The SMILES string of the molecule is CCOC(=O)[C@H](Cc1c[nH]c2cccc(C#N)c12)NC(=O)OC(C)(C)C. The second kappa shape index (κ2) is 7.91. The molecule has 0 spiro atoms. The van der Waals surface area contributed by atoms with Gasteiger partial charge in [-0.05, 0) is 45.4 Å². The van der Waals surface area contributed by atoms with Crippen molar-refractivity contribution < 1.29 is 19.1 Å². The van der Waals surface area contributed by atoms with E-state index >= 15 is 0 Å². The van der Waals surface area contributed by atoms with Gasteiger partial charge in [-0.25, -0.2) is 9.59 Å². The second-order valence-electron chi connectivity index (χ2n) is 6.81. The van der Waals surface area contributed by atoms with Gasteiger partial charge in [-0.2, -0.15) is 5.26 Å². The quantitative estimate of drug-likeness (QED) is 0.800. The van der Waals surface area contributed by atoms with E-state index in [0.717, 1.165) is 16.5 Å². The number of esters is 1. The molecule has 2 rings (SSSR count). The minimum atomic E-state index is -0.921. The number of amides is 1. The van der Waals surface area contributed by atoms with Gasteiger partial charge < -0.3 is 19.8 Å². The van der Waals surface area contributed by atoms with E-state index in [0.29, 0.717) is 5.56 Å². The van der Waals surface area contributed by atoms with Gasteiger partial charge in [-0.3, -0.25) is 0 Å². The Balaban J connectivity index is 2.29. The Morgan fingerprint density at radius 3 is 2.69 bits per heavy atom. The van der Waals surface area contributed by atoms with Crippen LogP contribution in [0.15, 0.2) is 24.4 Å². The number of nitrogens with zero attached hydrogens (tertiary/aromatic N) is 1. The molecule has 0 radical (unpaired) electrons. The molecule has 0 saturated heterocycles. The predicted octanol–water partition coefficient (Wildman–Crippen LogP) is 3.04. The van der Waals surface area contributed by atoms with Gasteiger partial charge in [0.1, 0.15) is 11.6 Å². The van der Waals surface area contributed by atoms with E-state index in [1.807, 2.05) is 6.07 Å². The lowest BCUT2D eigenvalue weighted by Crippen LogP contribution is -2.45. The van der Waals surface area contributed by atoms with E-state index in [1.54, 1.807) is 46.0 Å². The van der Waals surface area contributed by atoms with Crippen LogP contribution < -0.4 is 5.32 Å². The van der Waals surface area contributed by atoms with Crippen molar-refractivity contribution in [1.29, 1.82) is 5.26 Å². The zero-order valence-corrected chi connectivity index (χ0v) is 15.4. The molecule has 0 bridgehead atoms. The maximum Gasteiger partial charge on any atom is 0.408 e. The molecule has 1 amide bonds. The maximum absolute atomic E-state index is 12.3. The third kappa shape index (κ3) is 4.76. The average molecular weight is 357 g/mol. The number of nitrogens with one attached hydrogen (secondary N) is 2. The Morgan fingerprint density at radius 2 is 2.08 bits per heavy atom. The van der Waals surface area contributed by atoms with E-state index < -0.39 is 23.7 Å². The molecule has 1 heterocycles. The summed E-state index contributed by atoms with van der Waals surface area (Å²) in [7, 11) is 0. The summed E-state index contributed by atoms with van der Waals surface area (Å²) in [6.07, 6.45) is 1.21. The fraction of sp³-hybridized carbons (Fsp3) is 0.421. The fourth-order valence-electron chi connectivity index (χ4n) is 2.62. The number of hydrogen-bond acceptors (Lipinski definition) is 5. The van der Waals surface area contributed by atoms with Crippen LogP contribution in [0, 0.1) is 11.3 Å². The zero-order valence-electron chi connectivity index (χ0n) is 15.4. The van der Waals surface area contributed by atoms with Crippen LogP contribution in [0.25, 0.3) is 10.9 Å². The molecule has 0 aliphatic carbocycles. The van der Waals surface area contributed by atoms with E-state index in [-0.39, 0.29) is 13.0 Å². The number of ether oxygens (including phenoxy) is 2. The lowest BCUT2D eigenvalue weighted by molar-refractivity contribution is -0.145. The van der Waals surface area contributed by atoms with Crippen molar-refractivity contribution >= 4 is 23.0 Å². The topological polar surface area (TPSA) is 104 Å². The van der Waals surface area contributed by atoms with Crippen LogP contribution in [0.1, 0.15) is 38.8 Å². The molecule has 1 atom stereocenters. The molecule has 0 saturated carbocycles. The summed E-state index contributed by atoms with van der Waals surface area (Å²) in [5, 5.41) is 12.6. The van der Waals surface area contributed by atoms with E-state index in [1.165, 1.54) is 0 Å². The molecule has 0 unspecified atom stereocenters. The molecule has 138 valence electrons. The van der Waals surface area contributed by atoms with Crippen LogP contribution in [0.4, 0.5) is 4.79 Å². The number of rotatable bonds is 5. The Labute approximate surface area is 152 Å². The van der Waals surface area contributed by atoms with Crippen molar-refractivity contribution in [1.82, 2.24) is 10.3 Å². The first-order valence-electron chi connectivity index (χ1n) is 8.40. The monoisotopic (exact) mass is 357 g/mol. The van der Waals surface area contributed by atoms with E-state index in [4.69, 9.17) is 9.47 Å². The predicted molar refractivity (Wildman–Crippen MR) is 96.5 cm³/mol. The highest BCUT2D eigenvalue weighted by Gasteiger charge is 2.27. The summed E-state index contributed by atoms with van der Waals surface area (Å²) in [6.45, 7) is 7.12. The van der Waals surface area contributed by atoms with Crippen molar-refractivity contribution in [2.75, 3.05) is 6.61 Å². The van der Waals surface area contributed by atoms with Gasteiger partial charge in [-0.15, -0.1) is 0 Å². The van der Waals surface area contributed by atoms with Crippen LogP contribution in [-0.4, -0.2) is 35.3 Å². The number of fused-ring (bicyclic) bond motifs is 1. The minimum Gasteiger partial charge on any atom is -0.464 e. The van der Waals surface area contributed by atoms with Gasteiger partial charge in [0, 0.05) is 23.5 Å². The number of nitriles is 1. The highest BCUT2D eigenvalue weighted by molar-refractivity contribution is 5.90. The number of hydrogen-bond donors (Lipinski definition) is 2. The van der Waals surface area contributed by atoms with E-state index in [2.05, 4.69) is 16.4 Å². The summed E-state index contributed by atoms with van der Waals surface area (Å²) in [4.78, 5) is 27.5. The molecule has 26 heavy (non-hydrogen) atoms. The summed E-state index contributed by atoms with van der Waals surface area (Å²) >= 11 is 0. The van der Waals surface area contributed by atoms with Crippen molar-refractivity contribution in [3.05, 3.63) is 35.5 Å². The van der Waals surface area contributed by atoms with Crippen molar-refractivity contribution in [2.24, 2.45) is 0 Å². The Hall–Kier alpha value is -3.01. The number of alkyl carbamates (subject to hydrolysis) is 1. The molecule has 0 fully saturated rings. The summed E-state index contributed by atoms with van der Waals surface area (Å²) in [5.41, 5.74) is 1.35. The summed E-state index contributed by atoms with van der Waals surface area (Å²) in [6, 6.07) is 6.56. The van der Waals surface area contributed by atoms with Crippen LogP contribution in [-0.2, 0) is 20.7 Å². The van der Waals surface area contributed by atoms with Gasteiger partial charge in [0.15, 0.2) is 0 Å². The van der Waals surface area contributed by atoms with Gasteiger partial charge in [0.2, 0.25) is 0 Å². The number of H-pyrrole nitrogens is 1. The van der Waals surface area contributed by atoms with E-state index in [9.17, 15) is 14.9 Å². The molecule has 2 N–H and O–H groups in total. The first-order valence-corrected chi connectivity index (χ1v) is 8.40. The highest BCUT2D eigenvalue weighted by Crippen LogP contribution is 2.23. The fourth-order valence-corrected chi connectivity index (χ4v) is 2.62. The average Bonchev–Trinajstić information content (AvgIpc) is 2.96. The number of aromatic amines is 1. The molecular weight excluding hydrogens is 334 g/mol. The zero-order chi connectivity index (χ0) is 19.3. The molecule has 1 aromatic carbocycles. The van der Waals surface area contributed by atoms with Crippen molar-refractivity contribution in [2.45, 2.75) is 45.8 Å². The number of carbonyl (C=O) groups is 2. The third-order valence-corrected chi connectivity index (χ3v) is 3.59. The normalized spacial score (nSPS) is 12.3. The van der Waals surface area contributed by atoms with Crippen molar-refractivity contribution in [3.8, 4) is 6.07 Å². The smallest absolute Gasteiger partial charge is 0.408 e. The summed E-state index contributed by atoms with van der Waals surface area (Å²) < 4.78 is 10.3. The highest BCUT2D eigenvalue weighted by atomic mass is 16.6. The van der Waals surface area contributed by atoms with Crippen LogP contribution >= 0.6 is 0 Å². The number of carbonyl (C=O) groups excluding carboxylic acids is 2. The molecule has 0 aliphatic heterocycles. The first kappa shape index (κ1) is 19.3. The Bertz CT molecular complexity index is 843. The molecule has 0 aliphatic rings. The van der Waals surface area contributed by atoms with Crippen LogP contribution in [0.5, 0.6) is 0 Å². The number of aromatic nitrogens is 1. The van der Waals surface area contributed by atoms with Crippen LogP contribution in [0.3, 0.4) is 0 Å². The van der Waals surface area contributed by atoms with Gasteiger partial charge in [0.25, 0.3) is 0 Å². The first-order chi connectivity index (χ1) is 12.2. The lowest BCUT2D eigenvalue weighted by Gasteiger charge is -2.22. The molecular formula is C19H23N3O4. The van der Waals surface area contributed by atoms with Gasteiger partial charge in [0.05, 0.1) is 18.2 Å². The molecule has 7 heteroatoms. The molecule has 2 aromatic rings. The minimum absolute atomic E-state index is 0.177. The van der Waals surface area contributed by atoms with Crippen LogP contribution in [0.2, 0.25) is 0 Å². The third-order valence-electron chi connectivity index (χ3n) is 3.59. The van der Waals surface area contributed by atoms with Gasteiger partial charge in [-0.1, -0.05) is 6.07 Å².